The van der Waals surface area contributed by atoms with Crippen molar-refractivity contribution in [2.24, 2.45) is 11.8 Å². The maximum Gasteiger partial charge on any atom is 0.0623 e. The average molecular weight is 394 g/mol. The van der Waals surface area contributed by atoms with E-state index in [0.717, 1.165) is 31.6 Å². The van der Waals surface area contributed by atoms with Crippen molar-refractivity contribution >= 4 is 12.4 Å². The number of nitrogens with one attached hydrogen (secondary N) is 2. The molecular weight excluding hydrogens is 358 g/mol. The zero-order valence-corrected chi connectivity index (χ0v) is 17.3. The Labute approximate surface area is 170 Å². The fourth-order valence-corrected chi connectivity index (χ4v) is 5.12. The Morgan fingerprint density at radius 3 is 2.85 bits per heavy atom. The molecule has 0 aromatic heterocycles. The van der Waals surface area contributed by atoms with E-state index in [4.69, 9.17) is 4.74 Å². The van der Waals surface area contributed by atoms with Crippen molar-refractivity contribution in [2.75, 3.05) is 45.9 Å². The molecular formula is C22H36ClN3O. The minimum atomic E-state index is 0. The van der Waals surface area contributed by atoms with Gasteiger partial charge in [-0.2, -0.15) is 0 Å². The second-order valence-corrected chi connectivity index (χ2v) is 8.44. The maximum absolute atomic E-state index is 5.70. The molecule has 1 aliphatic carbocycles. The smallest absolute Gasteiger partial charge is 0.0623 e. The van der Waals surface area contributed by atoms with Gasteiger partial charge in [0.05, 0.1) is 13.2 Å². The highest BCUT2D eigenvalue weighted by Gasteiger charge is 2.35. The molecule has 2 heterocycles. The first-order chi connectivity index (χ1) is 12.9. The molecule has 4 unspecified atom stereocenters. The summed E-state index contributed by atoms with van der Waals surface area (Å²) in [6.45, 7) is 7.73. The summed E-state index contributed by atoms with van der Waals surface area (Å²) < 4.78 is 5.70. The second-order valence-electron chi connectivity index (χ2n) is 8.44. The lowest BCUT2D eigenvalue weighted by Crippen LogP contribution is -2.51. The van der Waals surface area contributed by atoms with E-state index in [1.807, 2.05) is 0 Å². The average Bonchev–Trinajstić information content (AvgIpc) is 3.35. The molecule has 3 fully saturated rings. The van der Waals surface area contributed by atoms with Crippen LogP contribution in [0, 0.1) is 11.8 Å². The molecule has 1 saturated carbocycles. The van der Waals surface area contributed by atoms with E-state index < -0.39 is 0 Å². The molecule has 4 nitrogen and oxygen atoms in total. The van der Waals surface area contributed by atoms with Crippen LogP contribution in [-0.4, -0.2) is 62.9 Å². The largest absolute Gasteiger partial charge is 0.379 e. The van der Waals surface area contributed by atoms with Gasteiger partial charge in [-0.3, -0.25) is 0 Å². The Morgan fingerprint density at radius 2 is 2.04 bits per heavy atom. The number of ether oxygens (including phenoxy) is 1. The van der Waals surface area contributed by atoms with Crippen molar-refractivity contribution in [3.63, 3.8) is 0 Å². The highest BCUT2D eigenvalue weighted by molar-refractivity contribution is 5.85. The number of likely N-dealkylation sites (tertiary alicyclic amines) is 1. The quantitative estimate of drug-likeness (QED) is 0.746. The van der Waals surface area contributed by atoms with Gasteiger partial charge in [-0.1, -0.05) is 36.8 Å². The Kier molecular flexibility index (Phi) is 8.41. The number of hydrogen-bond donors (Lipinski definition) is 2. The van der Waals surface area contributed by atoms with Gasteiger partial charge in [0.2, 0.25) is 0 Å². The third-order valence-corrected chi connectivity index (χ3v) is 6.63. The van der Waals surface area contributed by atoms with Crippen molar-refractivity contribution in [3.8, 4) is 0 Å². The predicted octanol–water partition coefficient (Wildman–Crippen LogP) is 2.72. The minimum absolute atomic E-state index is 0. The van der Waals surface area contributed by atoms with E-state index in [0.29, 0.717) is 12.1 Å². The summed E-state index contributed by atoms with van der Waals surface area (Å²) >= 11 is 0. The summed E-state index contributed by atoms with van der Waals surface area (Å²) in [5.74, 6) is 1.58. The summed E-state index contributed by atoms with van der Waals surface area (Å²) in [4.78, 5) is 2.65. The molecule has 0 spiro atoms. The van der Waals surface area contributed by atoms with E-state index in [1.165, 1.54) is 63.8 Å². The molecule has 152 valence electrons. The topological polar surface area (TPSA) is 36.5 Å². The molecule has 3 aliphatic rings. The van der Waals surface area contributed by atoms with Crippen LogP contribution in [0.4, 0.5) is 0 Å². The number of hydrogen-bond acceptors (Lipinski definition) is 4. The monoisotopic (exact) mass is 393 g/mol. The van der Waals surface area contributed by atoms with Crippen LogP contribution in [0.5, 0.6) is 0 Å². The lowest BCUT2D eigenvalue weighted by atomic mass is 9.93. The molecule has 1 aromatic carbocycles. The summed E-state index contributed by atoms with van der Waals surface area (Å²) in [6, 6.07) is 12.2. The Bertz CT molecular complexity index is 538. The highest BCUT2D eigenvalue weighted by atomic mass is 35.5. The Morgan fingerprint density at radius 1 is 1.15 bits per heavy atom. The molecule has 27 heavy (non-hydrogen) atoms. The predicted molar refractivity (Wildman–Crippen MR) is 114 cm³/mol. The second kappa shape index (κ2) is 10.8. The molecule has 4 rings (SSSR count). The van der Waals surface area contributed by atoms with Gasteiger partial charge in [0.15, 0.2) is 0 Å². The molecule has 0 bridgehead atoms. The highest BCUT2D eigenvalue weighted by Crippen LogP contribution is 2.30. The molecule has 0 amide bonds. The van der Waals surface area contributed by atoms with Gasteiger partial charge in [0, 0.05) is 31.7 Å². The number of morpholine rings is 1. The Balaban J connectivity index is 0.00000210. The van der Waals surface area contributed by atoms with Gasteiger partial charge < -0.3 is 20.3 Å². The van der Waals surface area contributed by atoms with Gasteiger partial charge >= 0.3 is 0 Å². The van der Waals surface area contributed by atoms with Crippen molar-refractivity contribution < 1.29 is 4.74 Å². The van der Waals surface area contributed by atoms with Gasteiger partial charge in [-0.25, -0.2) is 0 Å². The molecule has 2 aliphatic heterocycles. The molecule has 2 N–H and O–H groups in total. The molecule has 0 radical (unpaired) electrons. The molecule has 1 aromatic rings. The van der Waals surface area contributed by atoms with Crippen LogP contribution in [0.1, 0.15) is 31.2 Å². The van der Waals surface area contributed by atoms with Gasteiger partial charge in [0.25, 0.3) is 0 Å². The van der Waals surface area contributed by atoms with E-state index in [-0.39, 0.29) is 12.4 Å². The van der Waals surface area contributed by atoms with Crippen LogP contribution in [0.25, 0.3) is 0 Å². The van der Waals surface area contributed by atoms with Crippen molar-refractivity contribution in [2.45, 2.75) is 44.2 Å². The van der Waals surface area contributed by atoms with Crippen LogP contribution >= 0.6 is 12.4 Å². The number of nitrogens with zero attached hydrogens (tertiary/aromatic N) is 1. The van der Waals surface area contributed by atoms with Gasteiger partial charge in [-0.15, -0.1) is 12.4 Å². The van der Waals surface area contributed by atoms with Crippen LogP contribution < -0.4 is 10.6 Å². The maximum atomic E-state index is 5.70. The van der Waals surface area contributed by atoms with Crippen molar-refractivity contribution in [3.05, 3.63) is 35.9 Å². The lowest BCUT2D eigenvalue weighted by Gasteiger charge is -2.33. The minimum Gasteiger partial charge on any atom is -0.379 e. The van der Waals surface area contributed by atoms with Crippen molar-refractivity contribution in [1.82, 2.24) is 15.5 Å². The van der Waals surface area contributed by atoms with E-state index in [2.05, 4.69) is 45.9 Å². The SMILES string of the molecule is Cl.c1ccc(CCN2CCC(CNC3CCCC3C3COCCN3)C2)cc1. The fraction of sp³-hybridized carbons (Fsp3) is 0.727. The van der Waals surface area contributed by atoms with Gasteiger partial charge in [0.1, 0.15) is 0 Å². The first-order valence-electron chi connectivity index (χ1n) is 10.7. The summed E-state index contributed by atoms with van der Waals surface area (Å²) in [7, 11) is 0. The van der Waals surface area contributed by atoms with Crippen molar-refractivity contribution in [1.29, 1.82) is 0 Å². The molecule has 2 saturated heterocycles. The van der Waals surface area contributed by atoms with E-state index in [1.54, 1.807) is 0 Å². The third-order valence-electron chi connectivity index (χ3n) is 6.63. The van der Waals surface area contributed by atoms with Crippen LogP contribution in [0.3, 0.4) is 0 Å². The first-order valence-corrected chi connectivity index (χ1v) is 10.7. The summed E-state index contributed by atoms with van der Waals surface area (Å²) in [5, 5.41) is 7.63. The number of rotatable bonds is 7. The number of benzene rings is 1. The molecule has 5 heteroatoms. The normalized spacial score (nSPS) is 31.7. The summed E-state index contributed by atoms with van der Waals surface area (Å²) in [5.41, 5.74) is 1.46. The number of halogens is 1. The fourth-order valence-electron chi connectivity index (χ4n) is 5.12. The zero-order chi connectivity index (χ0) is 17.6. The standard InChI is InChI=1S/C22H35N3O.ClH/c1-2-5-18(6-3-1)9-12-25-13-10-19(16-25)15-24-21-8-4-7-20(21)22-17-26-14-11-23-22;/h1-3,5-6,19-24H,4,7-17H2;1H. The van der Waals surface area contributed by atoms with E-state index in [9.17, 15) is 0 Å². The molecule has 4 atom stereocenters. The van der Waals surface area contributed by atoms with Gasteiger partial charge in [-0.05, 0) is 56.2 Å². The van der Waals surface area contributed by atoms with Crippen LogP contribution in [0.15, 0.2) is 30.3 Å². The zero-order valence-electron chi connectivity index (χ0n) is 16.4. The Hall–Kier alpha value is -0.650. The lowest BCUT2D eigenvalue weighted by molar-refractivity contribution is 0.0523. The van der Waals surface area contributed by atoms with Crippen LogP contribution in [-0.2, 0) is 11.2 Å². The first kappa shape index (κ1) is 21.1. The van der Waals surface area contributed by atoms with Crippen LogP contribution in [0.2, 0.25) is 0 Å². The summed E-state index contributed by atoms with van der Waals surface area (Å²) in [6.07, 6.45) is 6.59. The van der Waals surface area contributed by atoms with E-state index >= 15 is 0 Å². The third kappa shape index (κ3) is 5.91.